The smallest absolute Gasteiger partial charge is 0.191 e. The Morgan fingerprint density at radius 3 is 2.78 bits per heavy atom. The normalized spacial score (nSPS) is 24.7. The van der Waals surface area contributed by atoms with E-state index in [2.05, 4.69) is 34.6 Å². The molecule has 0 spiro atoms. The van der Waals surface area contributed by atoms with E-state index >= 15 is 0 Å². The minimum Gasteiger partial charge on any atom is -0.379 e. The molecule has 0 aromatic carbocycles. The number of aryl methyl sites for hydroxylation is 1. The highest BCUT2D eigenvalue weighted by atomic mass is 32.2. The number of guanidine groups is 1. The third-order valence-electron chi connectivity index (χ3n) is 4.92. The highest BCUT2D eigenvalue weighted by molar-refractivity contribution is 7.91. The maximum absolute atomic E-state index is 11.7. The first-order valence-corrected chi connectivity index (χ1v) is 12.2. The second kappa shape index (κ2) is 9.36. The fourth-order valence-corrected chi connectivity index (χ4v) is 6.18. The molecule has 2 unspecified atom stereocenters. The van der Waals surface area contributed by atoms with Crippen molar-refractivity contribution in [3.8, 4) is 0 Å². The van der Waals surface area contributed by atoms with Crippen LogP contribution in [0.2, 0.25) is 0 Å². The molecule has 0 saturated carbocycles. The lowest BCUT2D eigenvalue weighted by Crippen LogP contribution is -2.45. The van der Waals surface area contributed by atoms with E-state index in [9.17, 15) is 8.42 Å². The van der Waals surface area contributed by atoms with Gasteiger partial charge in [-0.05, 0) is 32.4 Å². The number of aliphatic imine (C=N–C) groups is 1. The number of ether oxygens (including phenoxy) is 1. The number of sulfone groups is 1. The van der Waals surface area contributed by atoms with Gasteiger partial charge in [0.15, 0.2) is 15.8 Å². The molecule has 2 N–H and O–H groups in total. The zero-order valence-corrected chi connectivity index (χ0v) is 17.7. The van der Waals surface area contributed by atoms with Gasteiger partial charge in [0.05, 0.1) is 37.3 Å². The van der Waals surface area contributed by atoms with Gasteiger partial charge in [-0.3, -0.25) is 9.89 Å². The molecular weight excluding hydrogens is 384 g/mol. The van der Waals surface area contributed by atoms with E-state index in [-0.39, 0.29) is 23.6 Å². The molecule has 3 heterocycles. The molecule has 0 amide bonds. The topological polar surface area (TPSA) is 83.0 Å². The van der Waals surface area contributed by atoms with Gasteiger partial charge in [0, 0.05) is 35.4 Å². The number of hydrogen-bond donors (Lipinski definition) is 2. The van der Waals surface area contributed by atoms with E-state index < -0.39 is 9.84 Å². The van der Waals surface area contributed by atoms with Gasteiger partial charge in [0.25, 0.3) is 0 Å². The van der Waals surface area contributed by atoms with E-state index in [0.29, 0.717) is 18.9 Å². The molecule has 1 aromatic rings. The zero-order valence-electron chi connectivity index (χ0n) is 16.1. The third-order valence-corrected chi connectivity index (χ3v) is 7.79. The van der Waals surface area contributed by atoms with Crippen molar-refractivity contribution < 1.29 is 13.2 Å². The highest BCUT2D eigenvalue weighted by Crippen LogP contribution is 2.28. The lowest BCUT2D eigenvalue weighted by molar-refractivity contribution is 0.0186. The molecule has 2 fully saturated rings. The van der Waals surface area contributed by atoms with Gasteiger partial charge < -0.3 is 15.4 Å². The van der Waals surface area contributed by atoms with Crippen molar-refractivity contribution in [2.45, 2.75) is 32.4 Å². The number of thiophene rings is 1. The molecule has 0 aliphatic carbocycles. The van der Waals surface area contributed by atoms with Crippen LogP contribution < -0.4 is 10.6 Å². The van der Waals surface area contributed by atoms with E-state index in [1.807, 2.05) is 18.3 Å². The summed E-state index contributed by atoms with van der Waals surface area (Å²) in [5.41, 5.74) is 0. The van der Waals surface area contributed by atoms with Crippen LogP contribution in [0.3, 0.4) is 0 Å². The van der Waals surface area contributed by atoms with E-state index in [4.69, 9.17) is 9.73 Å². The minimum atomic E-state index is -2.91. The SMILES string of the molecule is CCNC(=NCC(c1ccc(C)s1)N1CCOCC1)NC1CCS(=O)(=O)C1. The molecular formula is C18H30N4O3S2. The average Bonchev–Trinajstić information content (AvgIpc) is 3.21. The van der Waals surface area contributed by atoms with E-state index in [1.165, 1.54) is 9.75 Å². The van der Waals surface area contributed by atoms with Crippen molar-refractivity contribution in [2.24, 2.45) is 4.99 Å². The van der Waals surface area contributed by atoms with Crippen LogP contribution in [-0.2, 0) is 14.6 Å². The molecule has 0 radical (unpaired) electrons. The Kier molecular flexibility index (Phi) is 7.13. The van der Waals surface area contributed by atoms with Gasteiger partial charge in [0.2, 0.25) is 0 Å². The monoisotopic (exact) mass is 414 g/mol. The maximum atomic E-state index is 11.7. The van der Waals surface area contributed by atoms with Gasteiger partial charge in [-0.15, -0.1) is 11.3 Å². The summed E-state index contributed by atoms with van der Waals surface area (Å²) in [7, 11) is -2.91. The van der Waals surface area contributed by atoms with Crippen LogP contribution in [0, 0.1) is 6.92 Å². The Hall–Kier alpha value is -1.16. The van der Waals surface area contributed by atoms with Crippen LogP contribution in [-0.4, -0.2) is 76.2 Å². The molecule has 2 aliphatic rings. The maximum Gasteiger partial charge on any atom is 0.191 e. The summed E-state index contributed by atoms with van der Waals surface area (Å²) in [5.74, 6) is 1.15. The number of morpholine rings is 1. The number of hydrogen-bond acceptors (Lipinski definition) is 6. The van der Waals surface area contributed by atoms with E-state index in [0.717, 1.165) is 32.8 Å². The quantitative estimate of drug-likeness (QED) is 0.537. The Balaban J connectivity index is 1.71. The van der Waals surface area contributed by atoms with Gasteiger partial charge >= 0.3 is 0 Å². The highest BCUT2D eigenvalue weighted by Gasteiger charge is 2.29. The third kappa shape index (κ3) is 5.91. The first-order valence-electron chi connectivity index (χ1n) is 9.60. The van der Waals surface area contributed by atoms with Crippen LogP contribution in [0.4, 0.5) is 0 Å². The second-order valence-electron chi connectivity index (χ2n) is 7.08. The summed E-state index contributed by atoms with van der Waals surface area (Å²) in [4.78, 5) is 9.86. The van der Waals surface area contributed by atoms with Gasteiger partial charge in [-0.2, -0.15) is 0 Å². The summed E-state index contributed by atoms with van der Waals surface area (Å²) in [6.07, 6.45) is 0.643. The number of nitrogens with zero attached hydrogens (tertiary/aromatic N) is 2. The number of nitrogens with one attached hydrogen (secondary N) is 2. The first-order chi connectivity index (χ1) is 13.0. The van der Waals surface area contributed by atoms with Crippen molar-refractivity contribution in [2.75, 3.05) is 50.9 Å². The Morgan fingerprint density at radius 2 is 2.19 bits per heavy atom. The van der Waals surface area contributed by atoms with Crippen molar-refractivity contribution in [3.63, 3.8) is 0 Å². The van der Waals surface area contributed by atoms with Crippen LogP contribution in [0.1, 0.15) is 29.1 Å². The predicted molar refractivity (Wildman–Crippen MR) is 110 cm³/mol. The Labute approximate surface area is 166 Å². The molecule has 152 valence electrons. The van der Waals surface area contributed by atoms with Crippen molar-refractivity contribution in [3.05, 3.63) is 21.9 Å². The molecule has 3 rings (SSSR count). The second-order valence-corrected chi connectivity index (χ2v) is 10.6. The lowest BCUT2D eigenvalue weighted by Gasteiger charge is -2.33. The van der Waals surface area contributed by atoms with Crippen LogP contribution >= 0.6 is 11.3 Å². The Morgan fingerprint density at radius 1 is 1.41 bits per heavy atom. The molecule has 27 heavy (non-hydrogen) atoms. The van der Waals surface area contributed by atoms with Crippen LogP contribution in [0.15, 0.2) is 17.1 Å². The van der Waals surface area contributed by atoms with E-state index in [1.54, 1.807) is 0 Å². The molecule has 2 atom stereocenters. The van der Waals surface area contributed by atoms with Gasteiger partial charge in [-0.1, -0.05) is 0 Å². The summed E-state index contributed by atoms with van der Waals surface area (Å²) >= 11 is 1.82. The molecule has 9 heteroatoms. The standard InChI is InChI=1S/C18H30N4O3S2/c1-3-19-18(21-15-6-11-27(23,24)13-15)20-12-16(17-5-4-14(2)26-17)22-7-9-25-10-8-22/h4-5,15-16H,3,6-13H2,1-2H3,(H2,19,20,21). The number of rotatable bonds is 6. The first kappa shape index (κ1) is 20.6. The fraction of sp³-hybridized carbons (Fsp3) is 0.722. The fourth-order valence-electron chi connectivity index (χ4n) is 3.51. The van der Waals surface area contributed by atoms with Gasteiger partial charge in [-0.25, -0.2) is 8.42 Å². The molecule has 1 aromatic heterocycles. The average molecular weight is 415 g/mol. The van der Waals surface area contributed by atoms with Gasteiger partial charge in [0.1, 0.15) is 0 Å². The molecule has 2 saturated heterocycles. The lowest BCUT2D eigenvalue weighted by atomic mass is 10.2. The largest absolute Gasteiger partial charge is 0.379 e. The summed E-state index contributed by atoms with van der Waals surface area (Å²) in [5, 5.41) is 6.56. The minimum absolute atomic E-state index is 0.0568. The summed E-state index contributed by atoms with van der Waals surface area (Å²) in [6.45, 7) is 8.83. The Bertz CT molecular complexity index is 742. The zero-order chi connectivity index (χ0) is 19.3. The van der Waals surface area contributed by atoms with Crippen LogP contribution in [0.5, 0.6) is 0 Å². The summed E-state index contributed by atoms with van der Waals surface area (Å²) in [6, 6.07) is 4.51. The van der Waals surface area contributed by atoms with Crippen molar-refractivity contribution in [1.82, 2.24) is 15.5 Å². The summed E-state index contributed by atoms with van der Waals surface area (Å²) < 4.78 is 29.0. The molecule has 0 bridgehead atoms. The van der Waals surface area contributed by atoms with Crippen molar-refractivity contribution >= 4 is 27.1 Å². The van der Waals surface area contributed by atoms with Crippen LogP contribution in [0.25, 0.3) is 0 Å². The molecule has 7 nitrogen and oxygen atoms in total. The molecule has 2 aliphatic heterocycles. The van der Waals surface area contributed by atoms with Crippen molar-refractivity contribution in [1.29, 1.82) is 0 Å². The predicted octanol–water partition coefficient (Wildman–Crippen LogP) is 1.17.